The second kappa shape index (κ2) is 5.86. The summed E-state index contributed by atoms with van der Waals surface area (Å²) in [6, 6.07) is 1.68. The highest BCUT2D eigenvalue weighted by atomic mass is 16.1. The normalized spacial score (nSPS) is 9.75. The van der Waals surface area contributed by atoms with E-state index in [1.165, 1.54) is 0 Å². The number of anilines is 1. The number of aryl methyl sites for hydroxylation is 1. The summed E-state index contributed by atoms with van der Waals surface area (Å²) in [4.78, 5) is 11.8. The molecular formula is C12H17N3O. The van der Waals surface area contributed by atoms with Gasteiger partial charge in [0.1, 0.15) is 5.69 Å². The van der Waals surface area contributed by atoms with Gasteiger partial charge in [0, 0.05) is 25.7 Å². The Balaban J connectivity index is 2.55. The van der Waals surface area contributed by atoms with E-state index >= 15 is 0 Å². The number of hydrogen-bond donors (Lipinski definition) is 2. The van der Waals surface area contributed by atoms with Gasteiger partial charge in [-0.15, -0.1) is 12.3 Å². The van der Waals surface area contributed by atoms with Crippen LogP contribution < -0.4 is 11.1 Å². The first-order valence-corrected chi connectivity index (χ1v) is 5.36. The molecule has 0 aromatic carbocycles. The average molecular weight is 219 g/mol. The van der Waals surface area contributed by atoms with E-state index in [0.717, 1.165) is 13.0 Å². The van der Waals surface area contributed by atoms with Crippen molar-refractivity contribution >= 4 is 11.6 Å². The summed E-state index contributed by atoms with van der Waals surface area (Å²) in [5.74, 6) is 2.43. The molecule has 0 atom stereocenters. The largest absolute Gasteiger partial charge is 0.397 e. The first-order chi connectivity index (χ1) is 7.69. The van der Waals surface area contributed by atoms with Crippen molar-refractivity contribution < 1.29 is 4.79 Å². The van der Waals surface area contributed by atoms with Gasteiger partial charge in [-0.1, -0.05) is 0 Å². The van der Waals surface area contributed by atoms with E-state index < -0.39 is 0 Å². The second-order valence-electron chi connectivity index (χ2n) is 3.51. The molecule has 1 heterocycles. The van der Waals surface area contributed by atoms with Crippen LogP contribution in [0.3, 0.4) is 0 Å². The fourth-order valence-corrected chi connectivity index (χ4v) is 1.47. The van der Waals surface area contributed by atoms with Gasteiger partial charge < -0.3 is 15.6 Å². The molecule has 4 nitrogen and oxygen atoms in total. The number of carbonyl (C=O) groups is 1. The quantitative estimate of drug-likeness (QED) is 0.578. The predicted molar refractivity (Wildman–Crippen MR) is 64.9 cm³/mol. The van der Waals surface area contributed by atoms with Crippen LogP contribution in [0.5, 0.6) is 0 Å². The molecular weight excluding hydrogens is 202 g/mol. The van der Waals surface area contributed by atoms with E-state index in [2.05, 4.69) is 11.2 Å². The summed E-state index contributed by atoms with van der Waals surface area (Å²) in [7, 11) is 0. The highest BCUT2D eigenvalue weighted by Crippen LogP contribution is 2.10. The fourth-order valence-electron chi connectivity index (χ4n) is 1.47. The zero-order valence-corrected chi connectivity index (χ0v) is 9.49. The molecule has 1 aromatic rings. The number of rotatable bonds is 5. The third-order valence-electron chi connectivity index (χ3n) is 2.27. The summed E-state index contributed by atoms with van der Waals surface area (Å²) >= 11 is 0. The fraction of sp³-hybridized carbons (Fsp3) is 0.417. The third-order valence-corrected chi connectivity index (χ3v) is 2.27. The monoisotopic (exact) mass is 219 g/mol. The number of unbranched alkanes of at least 4 members (excludes halogenated alkanes) is 1. The van der Waals surface area contributed by atoms with Gasteiger partial charge in [0.15, 0.2) is 0 Å². The van der Waals surface area contributed by atoms with Gasteiger partial charge in [-0.25, -0.2) is 0 Å². The minimum atomic E-state index is -0.101. The molecule has 3 N–H and O–H groups in total. The lowest BCUT2D eigenvalue weighted by molar-refractivity contribution is 0.0944. The topological polar surface area (TPSA) is 60.1 Å². The summed E-state index contributed by atoms with van der Waals surface area (Å²) in [6.07, 6.45) is 8.36. The maximum Gasteiger partial charge on any atom is 0.267 e. The van der Waals surface area contributed by atoms with E-state index in [4.69, 9.17) is 12.2 Å². The number of nitrogens with zero attached hydrogens (tertiary/aromatic N) is 1. The first-order valence-electron chi connectivity index (χ1n) is 5.36. The molecule has 0 aliphatic carbocycles. The number of hydrogen-bond acceptors (Lipinski definition) is 2. The average Bonchev–Trinajstić information content (AvgIpc) is 2.65. The number of nitrogens with one attached hydrogen (secondary N) is 1. The van der Waals surface area contributed by atoms with Crippen LogP contribution in [0.25, 0.3) is 0 Å². The maximum absolute atomic E-state index is 11.8. The van der Waals surface area contributed by atoms with Crippen LogP contribution in [0.4, 0.5) is 5.69 Å². The van der Waals surface area contributed by atoms with Crippen LogP contribution in [0.1, 0.15) is 30.3 Å². The number of aromatic nitrogens is 1. The molecule has 1 amide bonds. The molecule has 0 radical (unpaired) electrons. The molecule has 0 aliphatic rings. The molecule has 0 aliphatic heterocycles. The Morgan fingerprint density at radius 2 is 2.44 bits per heavy atom. The van der Waals surface area contributed by atoms with E-state index in [1.54, 1.807) is 12.3 Å². The predicted octanol–water partition coefficient (Wildman–Crippen LogP) is 1.23. The lowest BCUT2D eigenvalue weighted by Gasteiger charge is -2.06. The molecule has 0 fully saturated rings. The number of terminal acetylenes is 1. The van der Waals surface area contributed by atoms with Gasteiger partial charge in [-0.2, -0.15) is 0 Å². The Labute approximate surface area is 95.8 Å². The van der Waals surface area contributed by atoms with Crippen LogP contribution in [0.15, 0.2) is 12.3 Å². The van der Waals surface area contributed by atoms with Gasteiger partial charge in [0.25, 0.3) is 5.91 Å². The van der Waals surface area contributed by atoms with Crippen LogP contribution in [-0.4, -0.2) is 17.0 Å². The highest BCUT2D eigenvalue weighted by molar-refractivity contribution is 5.93. The van der Waals surface area contributed by atoms with Gasteiger partial charge >= 0.3 is 0 Å². The smallest absolute Gasteiger partial charge is 0.267 e. The van der Waals surface area contributed by atoms with Gasteiger partial charge in [-0.05, 0) is 19.4 Å². The summed E-state index contributed by atoms with van der Waals surface area (Å²) in [5.41, 5.74) is 6.85. The van der Waals surface area contributed by atoms with Crippen molar-refractivity contribution in [3.8, 4) is 12.3 Å². The van der Waals surface area contributed by atoms with E-state index in [1.807, 2.05) is 11.5 Å². The Bertz CT molecular complexity index is 401. The van der Waals surface area contributed by atoms with Crippen LogP contribution in [-0.2, 0) is 6.54 Å². The highest BCUT2D eigenvalue weighted by Gasteiger charge is 2.10. The summed E-state index contributed by atoms with van der Waals surface area (Å²) in [5, 5.41) is 2.81. The lowest BCUT2D eigenvalue weighted by Crippen LogP contribution is -2.26. The van der Waals surface area contributed by atoms with Gasteiger partial charge in [0.05, 0.1) is 5.69 Å². The van der Waals surface area contributed by atoms with E-state index in [0.29, 0.717) is 24.3 Å². The molecule has 0 unspecified atom stereocenters. The van der Waals surface area contributed by atoms with Crippen molar-refractivity contribution in [3.05, 3.63) is 18.0 Å². The Morgan fingerprint density at radius 1 is 1.69 bits per heavy atom. The Hall–Kier alpha value is -1.89. The molecule has 4 heteroatoms. The number of amides is 1. The number of nitrogen functional groups attached to an aromatic ring is 1. The minimum absolute atomic E-state index is 0.101. The van der Waals surface area contributed by atoms with Gasteiger partial charge in [-0.3, -0.25) is 4.79 Å². The molecule has 0 spiro atoms. The van der Waals surface area contributed by atoms with Crippen molar-refractivity contribution in [3.63, 3.8) is 0 Å². The molecule has 0 bridgehead atoms. The van der Waals surface area contributed by atoms with Crippen LogP contribution >= 0.6 is 0 Å². The van der Waals surface area contributed by atoms with Crippen molar-refractivity contribution in [1.29, 1.82) is 0 Å². The summed E-state index contributed by atoms with van der Waals surface area (Å²) in [6.45, 7) is 3.29. The summed E-state index contributed by atoms with van der Waals surface area (Å²) < 4.78 is 1.83. The molecule has 0 saturated carbocycles. The second-order valence-corrected chi connectivity index (χ2v) is 3.51. The third kappa shape index (κ3) is 3.06. The molecule has 86 valence electrons. The lowest BCUT2D eigenvalue weighted by atomic mass is 10.3. The standard InChI is InChI=1S/C12H17N3O/c1-3-5-6-7-14-12(16)11-8-10(13)9-15(11)4-2/h1,8-9H,4-7,13H2,2H3,(H,14,16). The minimum Gasteiger partial charge on any atom is -0.397 e. The zero-order chi connectivity index (χ0) is 12.0. The first kappa shape index (κ1) is 12.2. The Kier molecular flexibility index (Phi) is 4.46. The van der Waals surface area contributed by atoms with Crippen LogP contribution in [0.2, 0.25) is 0 Å². The molecule has 0 saturated heterocycles. The van der Waals surface area contributed by atoms with Gasteiger partial charge in [0.2, 0.25) is 0 Å². The van der Waals surface area contributed by atoms with Crippen molar-refractivity contribution in [2.45, 2.75) is 26.3 Å². The molecule has 1 rings (SSSR count). The number of carbonyl (C=O) groups excluding carboxylic acids is 1. The Morgan fingerprint density at radius 3 is 3.06 bits per heavy atom. The van der Waals surface area contributed by atoms with Crippen molar-refractivity contribution in [1.82, 2.24) is 9.88 Å². The van der Waals surface area contributed by atoms with E-state index in [9.17, 15) is 4.79 Å². The number of nitrogens with two attached hydrogens (primary N) is 1. The molecule has 1 aromatic heterocycles. The zero-order valence-electron chi connectivity index (χ0n) is 9.49. The van der Waals surface area contributed by atoms with Crippen LogP contribution in [0, 0.1) is 12.3 Å². The molecule has 16 heavy (non-hydrogen) atoms. The van der Waals surface area contributed by atoms with E-state index in [-0.39, 0.29) is 5.91 Å². The maximum atomic E-state index is 11.8. The van der Waals surface area contributed by atoms with Crippen molar-refractivity contribution in [2.24, 2.45) is 0 Å². The SMILES string of the molecule is C#CCCCNC(=O)c1cc(N)cn1CC. The van der Waals surface area contributed by atoms with Crippen molar-refractivity contribution in [2.75, 3.05) is 12.3 Å².